The Kier molecular flexibility index (Phi) is 5.87. The fourth-order valence-electron chi connectivity index (χ4n) is 5.92. The number of rotatable bonds is 5. The van der Waals surface area contributed by atoms with E-state index in [0.29, 0.717) is 38.5 Å². The Labute approximate surface area is 187 Å². The van der Waals surface area contributed by atoms with Gasteiger partial charge in [-0.2, -0.15) is 0 Å². The third kappa shape index (κ3) is 4.57. The number of benzene rings is 1. The molecule has 1 aromatic carbocycles. The van der Waals surface area contributed by atoms with E-state index in [2.05, 4.69) is 20.8 Å². The maximum atomic E-state index is 13.0. The van der Waals surface area contributed by atoms with E-state index >= 15 is 0 Å². The Morgan fingerprint density at radius 1 is 1.22 bits per heavy atom. The highest BCUT2D eigenvalue weighted by Crippen LogP contribution is 2.52. The smallest absolute Gasteiger partial charge is 0.341 e. The highest BCUT2D eigenvalue weighted by Gasteiger charge is 2.51. The molecule has 1 amide bonds. The van der Waals surface area contributed by atoms with Crippen molar-refractivity contribution < 1.29 is 24.0 Å². The monoisotopic (exact) mass is 445 g/mol. The zero-order valence-corrected chi connectivity index (χ0v) is 19.0. The van der Waals surface area contributed by atoms with Crippen molar-refractivity contribution in [1.29, 1.82) is 0 Å². The molecule has 0 radical (unpaired) electrons. The molecule has 2 saturated heterocycles. The minimum absolute atomic E-state index is 0.0929. The molecule has 2 unspecified atom stereocenters. The number of hydrogen-bond acceptors (Lipinski definition) is 7. The summed E-state index contributed by atoms with van der Waals surface area (Å²) in [5.74, 6) is -0.930. The van der Waals surface area contributed by atoms with E-state index in [4.69, 9.17) is 9.47 Å². The van der Waals surface area contributed by atoms with Crippen LogP contribution in [-0.4, -0.2) is 67.2 Å². The SMILES string of the molecule is CC1(C)CC2CC(C)(CN2C(=O)COC(=O)c2cc([N+](=O)[O-])ccc2N2CCOCC2)C1. The Hall–Kier alpha value is -2.68. The molecule has 2 aliphatic heterocycles. The van der Waals surface area contributed by atoms with E-state index in [0.717, 1.165) is 19.3 Å². The van der Waals surface area contributed by atoms with Crippen LogP contribution in [0, 0.1) is 20.9 Å². The standard InChI is InChI=1S/C23H31N3O6/c1-22(2)11-17-12-23(3,14-22)15-25(17)20(27)13-32-21(28)18-10-16(26(29)30)4-5-19(18)24-6-8-31-9-7-24/h4-5,10,17H,6-9,11-15H2,1-3H3. The van der Waals surface area contributed by atoms with Crippen LogP contribution >= 0.6 is 0 Å². The molecule has 32 heavy (non-hydrogen) atoms. The van der Waals surface area contributed by atoms with Gasteiger partial charge in [0.05, 0.1) is 29.4 Å². The Morgan fingerprint density at radius 2 is 1.94 bits per heavy atom. The lowest BCUT2D eigenvalue weighted by atomic mass is 9.65. The topological polar surface area (TPSA) is 102 Å². The lowest BCUT2D eigenvalue weighted by molar-refractivity contribution is -0.384. The molecule has 0 N–H and O–H groups in total. The first-order chi connectivity index (χ1) is 15.1. The summed E-state index contributed by atoms with van der Waals surface area (Å²) in [6.45, 7) is 9.16. The van der Waals surface area contributed by atoms with Crippen molar-refractivity contribution in [2.75, 3.05) is 44.4 Å². The summed E-state index contributed by atoms with van der Waals surface area (Å²) in [4.78, 5) is 40.4. The number of nitro benzene ring substituents is 1. The summed E-state index contributed by atoms with van der Waals surface area (Å²) in [6.07, 6.45) is 2.98. The molecule has 9 heteroatoms. The van der Waals surface area contributed by atoms with E-state index in [9.17, 15) is 19.7 Å². The normalized spacial score (nSPS) is 26.7. The van der Waals surface area contributed by atoms with Crippen LogP contribution in [0.3, 0.4) is 0 Å². The molecule has 2 heterocycles. The predicted molar refractivity (Wildman–Crippen MR) is 118 cm³/mol. The highest BCUT2D eigenvalue weighted by molar-refractivity contribution is 5.97. The quantitative estimate of drug-likeness (QED) is 0.390. The van der Waals surface area contributed by atoms with Gasteiger partial charge in [-0.15, -0.1) is 0 Å². The molecule has 4 rings (SSSR count). The van der Waals surface area contributed by atoms with Gasteiger partial charge in [-0.1, -0.05) is 20.8 Å². The number of amides is 1. The molecule has 9 nitrogen and oxygen atoms in total. The molecular weight excluding hydrogens is 414 g/mol. The van der Waals surface area contributed by atoms with Gasteiger partial charge >= 0.3 is 5.97 Å². The molecule has 1 aliphatic carbocycles. The van der Waals surface area contributed by atoms with Gasteiger partial charge < -0.3 is 19.3 Å². The van der Waals surface area contributed by atoms with Crippen LogP contribution in [0.1, 0.15) is 50.4 Å². The van der Waals surface area contributed by atoms with Crippen molar-refractivity contribution in [3.05, 3.63) is 33.9 Å². The molecule has 2 bridgehead atoms. The summed E-state index contributed by atoms with van der Waals surface area (Å²) >= 11 is 0. The minimum Gasteiger partial charge on any atom is -0.452 e. The second kappa shape index (κ2) is 8.35. The average Bonchev–Trinajstić information content (AvgIpc) is 3.00. The Bertz CT molecular complexity index is 926. The zero-order valence-electron chi connectivity index (χ0n) is 19.0. The van der Waals surface area contributed by atoms with Crippen LogP contribution in [-0.2, 0) is 14.3 Å². The molecule has 1 saturated carbocycles. The third-order valence-corrected chi connectivity index (χ3v) is 6.82. The van der Waals surface area contributed by atoms with Gasteiger partial charge in [-0.25, -0.2) is 4.79 Å². The maximum Gasteiger partial charge on any atom is 0.341 e. The van der Waals surface area contributed by atoms with E-state index < -0.39 is 10.9 Å². The van der Waals surface area contributed by atoms with E-state index in [1.807, 2.05) is 9.80 Å². The summed E-state index contributed by atoms with van der Waals surface area (Å²) in [6, 6.07) is 4.33. The number of fused-ring (bicyclic) bond motifs is 2. The number of nitro groups is 1. The van der Waals surface area contributed by atoms with Gasteiger partial charge in [0.15, 0.2) is 6.61 Å². The highest BCUT2D eigenvalue weighted by atomic mass is 16.6. The summed E-state index contributed by atoms with van der Waals surface area (Å²) < 4.78 is 10.8. The van der Waals surface area contributed by atoms with Gasteiger partial charge in [0.25, 0.3) is 11.6 Å². The number of likely N-dealkylation sites (tertiary alicyclic amines) is 1. The van der Waals surface area contributed by atoms with Crippen LogP contribution in [0.2, 0.25) is 0 Å². The number of carbonyl (C=O) groups is 2. The van der Waals surface area contributed by atoms with Crippen molar-refractivity contribution in [3.8, 4) is 0 Å². The lowest BCUT2D eigenvalue weighted by Gasteiger charge is -2.39. The number of ether oxygens (including phenoxy) is 2. The van der Waals surface area contributed by atoms with Crippen molar-refractivity contribution >= 4 is 23.3 Å². The van der Waals surface area contributed by atoms with Crippen molar-refractivity contribution in [1.82, 2.24) is 4.90 Å². The summed E-state index contributed by atoms with van der Waals surface area (Å²) in [5.41, 5.74) is 0.739. The lowest BCUT2D eigenvalue weighted by Crippen LogP contribution is -2.40. The van der Waals surface area contributed by atoms with Crippen LogP contribution in [0.5, 0.6) is 0 Å². The minimum atomic E-state index is -0.725. The van der Waals surface area contributed by atoms with Gasteiger partial charge in [0, 0.05) is 37.8 Å². The number of carbonyl (C=O) groups excluding carboxylic acids is 2. The van der Waals surface area contributed by atoms with E-state index in [-0.39, 0.29) is 40.6 Å². The number of hydrogen-bond donors (Lipinski definition) is 0. The van der Waals surface area contributed by atoms with Crippen molar-refractivity contribution in [2.45, 2.75) is 46.1 Å². The maximum absolute atomic E-state index is 13.0. The fraction of sp³-hybridized carbons (Fsp3) is 0.652. The molecular formula is C23H31N3O6. The van der Waals surface area contributed by atoms with Crippen molar-refractivity contribution in [3.63, 3.8) is 0 Å². The number of anilines is 1. The molecule has 3 fully saturated rings. The predicted octanol–water partition coefficient (Wildman–Crippen LogP) is 3.02. The van der Waals surface area contributed by atoms with Gasteiger partial charge in [-0.3, -0.25) is 14.9 Å². The fourth-order valence-corrected chi connectivity index (χ4v) is 5.92. The van der Waals surface area contributed by atoms with Gasteiger partial charge in [0.1, 0.15) is 0 Å². The molecule has 0 spiro atoms. The van der Waals surface area contributed by atoms with Crippen LogP contribution in [0.4, 0.5) is 11.4 Å². The number of esters is 1. The number of nitrogens with zero attached hydrogens (tertiary/aromatic N) is 3. The Balaban J connectivity index is 1.47. The van der Waals surface area contributed by atoms with E-state index in [1.165, 1.54) is 12.1 Å². The number of non-ortho nitro benzene ring substituents is 1. The van der Waals surface area contributed by atoms with E-state index in [1.54, 1.807) is 6.07 Å². The number of morpholine rings is 1. The van der Waals surface area contributed by atoms with Crippen LogP contribution < -0.4 is 4.90 Å². The third-order valence-electron chi connectivity index (χ3n) is 6.82. The Morgan fingerprint density at radius 3 is 2.62 bits per heavy atom. The largest absolute Gasteiger partial charge is 0.452 e. The van der Waals surface area contributed by atoms with Crippen molar-refractivity contribution in [2.24, 2.45) is 10.8 Å². The second-order valence-electron chi connectivity index (χ2n) is 10.4. The summed E-state index contributed by atoms with van der Waals surface area (Å²) in [5, 5.41) is 11.3. The summed E-state index contributed by atoms with van der Waals surface area (Å²) in [7, 11) is 0. The first kappa shape index (κ1) is 22.5. The van der Waals surface area contributed by atoms with Gasteiger partial charge in [-0.05, 0) is 36.2 Å². The van der Waals surface area contributed by atoms with Crippen LogP contribution in [0.25, 0.3) is 0 Å². The molecule has 1 aromatic rings. The van der Waals surface area contributed by atoms with Gasteiger partial charge in [0.2, 0.25) is 0 Å². The average molecular weight is 446 g/mol. The molecule has 2 atom stereocenters. The first-order valence-electron chi connectivity index (χ1n) is 11.1. The first-order valence-corrected chi connectivity index (χ1v) is 11.1. The van der Waals surface area contributed by atoms with Crippen LogP contribution in [0.15, 0.2) is 18.2 Å². The molecule has 3 aliphatic rings. The zero-order chi connectivity index (χ0) is 23.1. The second-order valence-corrected chi connectivity index (χ2v) is 10.4. The molecule has 0 aromatic heterocycles. The molecule has 174 valence electrons.